The van der Waals surface area contributed by atoms with Gasteiger partial charge in [0.15, 0.2) is 5.82 Å². The minimum absolute atomic E-state index is 0.129. The van der Waals surface area contributed by atoms with E-state index in [4.69, 9.17) is 4.52 Å². The first-order valence-electron chi connectivity index (χ1n) is 7.34. The van der Waals surface area contributed by atoms with E-state index in [1.807, 2.05) is 14.0 Å². The SMILES string of the molecule is CNC(C)c1nc(CC2CCN(C(C)C)CC2)no1. The molecule has 0 aromatic carbocycles. The number of aromatic nitrogens is 2. The second-order valence-corrected chi connectivity index (χ2v) is 5.84. The van der Waals surface area contributed by atoms with Crippen molar-refractivity contribution in [2.24, 2.45) is 5.92 Å². The summed E-state index contributed by atoms with van der Waals surface area (Å²) in [5, 5.41) is 7.21. The highest BCUT2D eigenvalue weighted by molar-refractivity contribution is 4.93. The maximum Gasteiger partial charge on any atom is 0.243 e. The molecule has 0 spiro atoms. The summed E-state index contributed by atoms with van der Waals surface area (Å²) in [5.74, 6) is 2.25. The van der Waals surface area contributed by atoms with Crippen LogP contribution in [0.2, 0.25) is 0 Å². The van der Waals surface area contributed by atoms with Gasteiger partial charge >= 0.3 is 0 Å². The summed E-state index contributed by atoms with van der Waals surface area (Å²) in [6.07, 6.45) is 3.43. The van der Waals surface area contributed by atoms with Crippen molar-refractivity contribution >= 4 is 0 Å². The number of nitrogens with one attached hydrogen (secondary N) is 1. The number of hydrogen-bond donors (Lipinski definition) is 1. The summed E-state index contributed by atoms with van der Waals surface area (Å²) in [4.78, 5) is 7.02. The van der Waals surface area contributed by atoms with Crippen molar-refractivity contribution < 1.29 is 4.52 Å². The van der Waals surface area contributed by atoms with E-state index in [0.29, 0.717) is 17.9 Å². The number of rotatable bonds is 5. The zero-order valence-corrected chi connectivity index (χ0v) is 12.5. The molecule has 1 unspecified atom stereocenters. The molecule has 1 N–H and O–H groups in total. The average molecular weight is 266 g/mol. The fraction of sp³-hybridized carbons (Fsp3) is 0.857. The first kappa shape index (κ1) is 14.5. The van der Waals surface area contributed by atoms with Crippen LogP contribution in [0.15, 0.2) is 4.52 Å². The van der Waals surface area contributed by atoms with Crippen LogP contribution in [0.5, 0.6) is 0 Å². The summed E-state index contributed by atoms with van der Waals surface area (Å²) in [7, 11) is 1.90. The van der Waals surface area contributed by atoms with Gasteiger partial charge in [0.05, 0.1) is 6.04 Å². The van der Waals surface area contributed by atoms with Crippen LogP contribution in [-0.2, 0) is 6.42 Å². The molecule has 0 aliphatic carbocycles. The minimum Gasteiger partial charge on any atom is -0.338 e. The predicted octanol–water partition coefficient (Wildman–Crippen LogP) is 2.01. The van der Waals surface area contributed by atoms with E-state index in [0.717, 1.165) is 12.2 Å². The lowest BCUT2D eigenvalue weighted by atomic mass is 9.93. The van der Waals surface area contributed by atoms with E-state index in [1.54, 1.807) is 0 Å². The van der Waals surface area contributed by atoms with Crippen LogP contribution in [-0.4, -0.2) is 41.2 Å². The van der Waals surface area contributed by atoms with Gasteiger partial charge in [-0.2, -0.15) is 4.98 Å². The molecule has 5 heteroatoms. The Hall–Kier alpha value is -0.940. The molecule has 108 valence electrons. The first-order valence-corrected chi connectivity index (χ1v) is 7.34. The second-order valence-electron chi connectivity index (χ2n) is 5.84. The van der Waals surface area contributed by atoms with Gasteiger partial charge in [-0.1, -0.05) is 5.16 Å². The van der Waals surface area contributed by atoms with Gasteiger partial charge in [0.2, 0.25) is 5.89 Å². The molecule has 5 nitrogen and oxygen atoms in total. The fourth-order valence-electron chi connectivity index (χ4n) is 2.58. The third-order valence-corrected chi connectivity index (χ3v) is 4.14. The molecule has 1 saturated heterocycles. The van der Waals surface area contributed by atoms with Gasteiger partial charge in [-0.25, -0.2) is 0 Å². The average Bonchev–Trinajstić information content (AvgIpc) is 2.87. The zero-order valence-electron chi connectivity index (χ0n) is 12.5. The number of likely N-dealkylation sites (tertiary alicyclic amines) is 1. The highest BCUT2D eigenvalue weighted by Gasteiger charge is 2.23. The van der Waals surface area contributed by atoms with E-state index >= 15 is 0 Å². The molecule has 1 atom stereocenters. The Morgan fingerprint density at radius 1 is 1.32 bits per heavy atom. The Morgan fingerprint density at radius 3 is 2.58 bits per heavy atom. The second kappa shape index (κ2) is 6.48. The lowest BCUT2D eigenvalue weighted by Gasteiger charge is -2.34. The van der Waals surface area contributed by atoms with Gasteiger partial charge in [0.25, 0.3) is 0 Å². The molecule has 1 aromatic rings. The fourth-order valence-corrected chi connectivity index (χ4v) is 2.58. The molecule has 0 saturated carbocycles. The smallest absolute Gasteiger partial charge is 0.243 e. The Kier molecular flexibility index (Phi) is 4.93. The van der Waals surface area contributed by atoms with Crippen LogP contribution in [0.3, 0.4) is 0 Å². The molecule has 2 rings (SSSR count). The lowest BCUT2D eigenvalue weighted by Crippen LogP contribution is -2.38. The van der Waals surface area contributed by atoms with Crippen molar-refractivity contribution in [3.05, 3.63) is 11.7 Å². The van der Waals surface area contributed by atoms with Gasteiger partial charge in [-0.3, -0.25) is 0 Å². The van der Waals surface area contributed by atoms with Crippen molar-refractivity contribution in [2.75, 3.05) is 20.1 Å². The van der Waals surface area contributed by atoms with Crippen molar-refractivity contribution in [3.63, 3.8) is 0 Å². The molecule has 19 heavy (non-hydrogen) atoms. The largest absolute Gasteiger partial charge is 0.338 e. The summed E-state index contributed by atoms with van der Waals surface area (Å²) < 4.78 is 5.28. The summed E-state index contributed by atoms with van der Waals surface area (Å²) >= 11 is 0. The molecule has 2 heterocycles. The normalized spacial score (nSPS) is 20.1. The molecule has 1 aromatic heterocycles. The number of hydrogen-bond acceptors (Lipinski definition) is 5. The third-order valence-electron chi connectivity index (χ3n) is 4.14. The van der Waals surface area contributed by atoms with E-state index in [9.17, 15) is 0 Å². The van der Waals surface area contributed by atoms with Crippen LogP contribution in [0.1, 0.15) is 51.4 Å². The predicted molar refractivity (Wildman–Crippen MR) is 74.9 cm³/mol. The van der Waals surface area contributed by atoms with Crippen LogP contribution >= 0.6 is 0 Å². The summed E-state index contributed by atoms with van der Waals surface area (Å²) in [6, 6.07) is 0.790. The molecule has 0 bridgehead atoms. The molecular formula is C14H26N4O. The Labute approximate surface area is 115 Å². The molecule has 1 fully saturated rings. The first-order chi connectivity index (χ1) is 9.10. The Bertz CT molecular complexity index is 383. The Morgan fingerprint density at radius 2 is 2.00 bits per heavy atom. The van der Waals surface area contributed by atoms with Crippen LogP contribution in [0.4, 0.5) is 0 Å². The minimum atomic E-state index is 0.129. The van der Waals surface area contributed by atoms with Gasteiger partial charge < -0.3 is 14.7 Å². The van der Waals surface area contributed by atoms with Gasteiger partial charge in [0.1, 0.15) is 0 Å². The van der Waals surface area contributed by atoms with Crippen molar-refractivity contribution in [3.8, 4) is 0 Å². The van der Waals surface area contributed by atoms with Crippen molar-refractivity contribution in [2.45, 2.75) is 52.1 Å². The quantitative estimate of drug-likeness (QED) is 0.883. The van der Waals surface area contributed by atoms with Crippen molar-refractivity contribution in [1.29, 1.82) is 0 Å². The molecule has 1 aliphatic heterocycles. The van der Waals surface area contributed by atoms with Crippen LogP contribution in [0, 0.1) is 5.92 Å². The topological polar surface area (TPSA) is 54.2 Å². The molecule has 0 amide bonds. The van der Waals surface area contributed by atoms with E-state index in [-0.39, 0.29) is 6.04 Å². The molecule has 1 aliphatic rings. The molecular weight excluding hydrogens is 240 g/mol. The van der Waals surface area contributed by atoms with E-state index in [1.165, 1.54) is 25.9 Å². The summed E-state index contributed by atoms with van der Waals surface area (Å²) in [6.45, 7) is 8.95. The highest BCUT2D eigenvalue weighted by Crippen LogP contribution is 2.22. The maximum absolute atomic E-state index is 5.28. The summed E-state index contributed by atoms with van der Waals surface area (Å²) in [5.41, 5.74) is 0. The molecule has 0 radical (unpaired) electrons. The van der Waals surface area contributed by atoms with Crippen LogP contribution < -0.4 is 5.32 Å². The third kappa shape index (κ3) is 3.76. The van der Waals surface area contributed by atoms with Gasteiger partial charge in [0, 0.05) is 12.5 Å². The van der Waals surface area contributed by atoms with E-state index in [2.05, 4.69) is 34.2 Å². The Balaban J connectivity index is 1.84. The van der Waals surface area contributed by atoms with Crippen LogP contribution in [0.25, 0.3) is 0 Å². The van der Waals surface area contributed by atoms with Crippen molar-refractivity contribution in [1.82, 2.24) is 20.4 Å². The van der Waals surface area contributed by atoms with Gasteiger partial charge in [-0.05, 0) is 59.7 Å². The standard InChI is InChI=1S/C14H26N4O/c1-10(2)18-7-5-12(6-8-18)9-13-16-14(19-17-13)11(3)15-4/h10-12,15H,5-9H2,1-4H3. The number of nitrogens with zero attached hydrogens (tertiary/aromatic N) is 3. The monoisotopic (exact) mass is 266 g/mol. The van der Waals surface area contributed by atoms with Gasteiger partial charge in [-0.15, -0.1) is 0 Å². The van der Waals surface area contributed by atoms with E-state index < -0.39 is 0 Å². The highest BCUT2D eigenvalue weighted by atomic mass is 16.5. The maximum atomic E-state index is 5.28. The number of piperidine rings is 1. The lowest BCUT2D eigenvalue weighted by molar-refractivity contribution is 0.148. The zero-order chi connectivity index (χ0) is 13.8.